The number of aromatic nitrogens is 2. The fourth-order valence-electron chi connectivity index (χ4n) is 3.27. The van der Waals surface area contributed by atoms with Crippen molar-refractivity contribution in [1.82, 2.24) is 14.5 Å². The lowest BCUT2D eigenvalue weighted by molar-refractivity contribution is -0.134. The van der Waals surface area contributed by atoms with Gasteiger partial charge in [0.25, 0.3) is 0 Å². The number of hydrogen-bond acceptors (Lipinski definition) is 2. The van der Waals surface area contributed by atoms with Crippen LogP contribution in [0.3, 0.4) is 0 Å². The maximum atomic E-state index is 13.2. The number of piperidine rings is 1. The van der Waals surface area contributed by atoms with Crippen LogP contribution in [-0.4, -0.2) is 33.4 Å². The average Bonchev–Trinajstić information content (AvgIpc) is 2.94. The topological polar surface area (TPSA) is 38.1 Å². The highest BCUT2D eigenvalue weighted by atomic mass is 16.2. The van der Waals surface area contributed by atoms with E-state index in [0.29, 0.717) is 5.92 Å². The molecule has 0 N–H and O–H groups in total. The zero-order valence-electron chi connectivity index (χ0n) is 14.2. The molecule has 2 heterocycles. The van der Waals surface area contributed by atoms with Gasteiger partial charge in [0.05, 0.1) is 12.0 Å². The lowest BCUT2D eigenvalue weighted by Gasteiger charge is -2.33. The van der Waals surface area contributed by atoms with Crippen molar-refractivity contribution in [3.63, 3.8) is 0 Å². The van der Waals surface area contributed by atoms with Gasteiger partial charge in [0.15, 0.2) is 0 Å². The standard InChI is InChI=1S/C19H25N3O/c1-14-7-9-21(10-8-14)19(23)18(22-12-16(3)20-13-22)17-6-4-5-15(2)11-17/h4-6,11-14,18H,7-10H2,1-3H3. The van der Waals surface area contributed by atoms with E-state index in [0.717, 1.165) is 37.2 Å². The summed E-state index contributed by atoms with van der Waals surface area (Å²) < 4.78 is 1.95. The van der Waals surface area contributed by atoms with Gasteiger partial charge in [-0.05, 0) is 38.2 Å². The molecule has 4 heteroatoms. The second kappa shape index (κ2) is 6.57. The first-order valence-corrected chi connectivity index (χ1v) is 8.40. The molecule has 0 saturated carbocycles. The Kier molecular flexibility index (Phi) is 4.51. The molecule has 1 saturated heterocycles. The molecule has 0 aliphatic carbocycles. The molecular weight excluding hydrogens is 286 g/mol. The summed E-state index contributed by atoms with van der Waals surface area (Å²) in [4.78, 5) is 19.5. The summed E-state index contributed by atoms with van der Waals surface area (Å²) in [6, 6.07) is 7.91. The third-order valence-corrected chi connectivity index (χ3v) is 4.72. The van der Waals surface area contributed by atoms with Crippen molar-refractivity contribution in [3.8, 4) is 0 Å². The summed E-state index contributed by atoms with van der Waals surface area (Å²) in [6.45, 7) is 7.99. The molecule has 1 aliphatic heterocycles. The maximum absolute atomic E-state index is 13.2. The van der Waals surface area contributed by atoms with Gasteiger partial charge >= 0.3 is 0 Å². The van der Waals surface area contributed by atoms with E-state index < -0.39 is 0 Å². The van der Waals surface area contributed by atoms with E-state index >= 15 is 0 Å². The highest BCUT2D eigenvalue weighted by Gasteiger charge is 2.29. The lowest BCUT2D eigenvalue weighted by Crippen LogP contribution is -2.42. The smallest absolute Gasteiger partial charge is 0.250 e. The van der Waals surface area contributed by atoms with Crippen molar-refractivity contribution < 1.29 is 4.79 Å². The van der Waals surface area contributed by atoms with Gasteiger partial charge in [-0.1, -0.05) is 36.8 Å². The molecule has 1 atom stereocenters. The Morgan fingerprint density at radius 3 is 2.61 bits per heavy atom. The van der Waals surface area contributed by atoms with Crippen molar-refractivity contribution in [3.05, 3.63) is 53.6 Å². The first kappa shape index (κ1) is 15.8. The molecule has 23 heavy (non-hydrogen) atoms. The van der Waals surface area contributed by atoms with Gasteiger partial charge in [0.2, 0.25) is 5.91 Å². The average molecular weight is 311 g/mol. The molecule has 1 unspecified atom stereocenters. The number of hydrogen-bond donors (Lipinski definition) is 0. The minimum absolute atomic E-state index is 0.180. The largest absolute Gasteiger partial charge is 0.341 e. The van der Waals surface area contributed by atoms with Crippen LogP contribution < -0.4 is 0 Å². The summed E-state index contributed by atoms with van der Waals surface area (Å²) >= 11 is 0. The van der Waals surface area contributed by atoms with Crippen LogP contribution in [0.1, 0.15) is 42.6 Å². The van der Waals surface area contributed by atoms with Crippen LogP contribution in [0.25, 0.3) is 0 Å². The highest BCUT2D eigenvalue weighted by molar-refractivity contribution is 5.84. The molecule has 3 rings (SSSR count). The molecule has 122 valence electrons. The van der Waals surface area contributed by atoms with Crippen LogP contribution in [0, 0.1) is 19.8 Å². The Bertz CT molecular complexity index is 683. The fourth-order valence-corrected chi connectivity index (χ4v) is 3.27. The molecule has 1 aromatic heterocycles. The predicted octanol–water partition coefficient (Wildman–Crippen LogP) is 3.35. The second-order valence-corrected chi connectivity index (χ2v) is 6.79. The van der Waals surface area contributed by atoms with Crippen molar-refractivity contribution in [2.24, 2.45) is 5.92 Å². The molecule has 0 spiro atoms. The van der Waals surface area contributed by atoms with Gasteiger partial charge in [-0.2, -0.15) is 0 Å². The summed E-state index contributed by atoms with van der Waals surface area (Å²) in [5.41, 5.74) is 3.14. The molecular formula is C19H25N3O. The quantitative estimate of drug-likeness (QED) is 0.872. The molecule has 1 amide bonds. The van der Waals surface area contributed by atoms with Gasteiger partial charge in [0.1, 0.15) is 6.04 Å². The van der Waals surface area contributed by atoms with Crippen molar-refractivity contribution in [1.29, 1.82) is 0 Å². The first-order valence-electron chi connectivity index (χ1n) is 8.40. The minimum atomic E-state index is -0.315. The van der Waals surface area contributed by atoms with E-state index in [1.165, 1.54) is 5.56 Å². The Morgan fingerprint density at radius 1 is 1.26 bits per heavy atom. The lowest BCUT2D eigenvalue weighted by atomic mass is 9.97. The summed E-state index contributed by atoms with van der Waals surface area (Å²) in [7, 11) is 0. The third kappa shape index (κ3) is 3.46. The number of likely N-dealkylation sites (tertiary alicyclic amines) is 1. The second-order valence-electron chi connectivity index (χ2n) is 6.79. The highest BCUT2D eigenvalue weighted by Crippen LogP contribution is 2.25. The monoisotopic (exact) mass is 311 g/mol. The Labute approximate surface area is 138 Å². The summed E-state index contributed by atoms with van der Waals surface area (Å²) in [5.74, 6) is 0.895. The minimum Gasteiger partial charge on any atom is -0.341 e. The van der Waals surface area contributed by atoms with Gasteiger partial charge in [-0.3, -0.25) is 4.79 Å². The number of carbonyl (C=O) groups is 1. The first-order chi connectivity index (χ1) is 11.0. The van der Waals surface area contributed by atoms with E-state index in [9.17, 15) is 4.79 Å². The number of carbonyl (C=O) groups excluding carboxylic acids is 1. The van der Waals surface area contributed by atoms with Crippen LogP contribution in [-0.2, 0) is 4.79 Å². The molecule has 1 fully saturated rings. The van der Waals surface area contributed by atoms with Gasteiger partial charge < -0.3 is 9.47 Å². The number of aryl methyl sites for hydroxylation is 2. The van der Waals surface area contributed by atoms with E-state index in [-0.39, 0.29) is 11.9 Å². The zero-order chi connectivity index (χ0) is 16.4. The van der Waals surface area contributed by atoms with E-state index in [1.54, 1.807) is 6.33 Å². The van der Waals surface area contributed by atoms with Gasteiger partial charge in [-0.25, -0.2) is 4.98 Å². The van der Waals surface area contributed by atoms with Crippen molar-refractivity contribution in [2.45, 2.75) is 39.7 Å². The molecule has 1 aromatic carbocycles. The summed E-state index contributed by atoms with van der Waals surface area (Å²) in [6.07, 6.45) is 5.91. The van der Waals surface area contributed by atoms with Crippen LogP contribution >= 0.6 is 0 Å². The Balaban J connectivity index is 1.93. The van der Waals surface area contributed by atoms with Crippen molar-refractivity contribution in [2.75, 3.05) is 13.1 Å². The molecule has 4 nitrogen and oxygen atoms in total. The Hall–Kier alpha value is -2.10. The van der Waals surface area contributed by atoms with E-state index in [4.69, 9.17) is 0 Å². The van der Waals surface area contributed by atoms with Crippen LogP contribution in [0.5, 0.6) is 0 Å². The fraction of sp³-hybridized carbons (Fsp3) is 0.474. The van der Waals surface area contributed by atoms with E-state index in [1.807, 2.05) is 34.7 Å². The molecule has 0 radical (unpaired) electrons. The number of rotatable bonds is 3. The SMILES string of the molecule is Cc1cccc(C(C(=O)N2CCC(C)CC2)n2cnc(C)c2)c1. The number of amides is 1. The van der Waals surface area contributed by atoms with Gasteiger partial charge in [-0.15, -0.1) is 0 Å². The van der Waals surface area contributed by atoms with Gasteiger partial charge in [0, 0.05) is 19.3 Å². The number of imidazole rings is 1. The Morgan fingerprint density at radius 2 is 2.00 bits per heavy atom. The molecule has 0 bridgehead atoms. The van der Waals surface area contributed by atoms with Crippen LogP contribution in [0.15, 0.2) is 36.8 Å². The van der Waals surface area contributed by atoms with Crippen LogP contribution in [0.4, 0.5) is 0 Å². The molecule has 1 aliphatic rings. The third-order valence-electron chi connectivity index (χ3n) is 4.72. The van der Waals surface area contributed by atoms with E-state index in [2.05, 4.69) is 31.0 Å². The van der Waals surface area contributed by atoms with Crippen LogP contribution in [0.2, 0.25) is 0 Å². The maximum Gasteiger partial charge on any atom is 0.250 e. The normalized spacial score (nSPS) is 17.3. The van der Waals surface area contributed by atoms with Crippen molar-refractivity contribution >= 4 is 5.91 Å². The summed E-state index contributed by atoms with van der Waals surface area (Å²) in [5, 5.41) is 0. The zero-order valence-corrected chi connectivity index (χ0v) is 14.2. The number of benzene rings is 1. The predicted molar refractivity (Wildman–Crippen MR) is 91.3 cm³/mol. The number of nitrogens with zero attached hydrogens (tertiary/aromatic N) is 3. The molecule has 2 aromatic rings.